The highest BCUT2D eigenvalue weighted by molar-refractivity contribution is 8.03. The van der Waals surface area contributed by atoms with Gasteiger partial charge in [0.15, 0.2) is 16.6 Å². The SMILES string of the molecule is COc1cc(C2C(C#N)=C(SCC(=O)Nc3nccs3)NC(C)=C2C(=O)Nc2ccccc2)ccc1O. The zero-order valence-corrected chi connectivity index (χ0v) is 21.6. The number of nitrogens with one attached hydrogen (secondary N) is 3. The summed E-state index contributed by atoms with van der Waals surface area (Å²) in [7, 11) is 1.43. The van der Waals surface area contributed by atoms with Gasteiger partial charge >= 0.3 is 0 Å². The van der Waals surface area contributed by atoms with Gasteiger partial charge in [-0.25, -0.2) is 4.98 Å². The molecule has 0 aliphatic carbocycles. The highest BCUT2D eigenvalue weighted by Gasteiger charge is 2.35. The number of para-hydroxylation sites is 1. The second-order valence-electron chi connectivity index (χ2n) is 7.88. The van der Waals surface area contributed by atoms with E-state index in [4.69, 9.17) is 4.74 Å². The average molecular weight is 534 g/mol. The molecule has 1 aliphatic heterocycles. The maximum absolute atomic E-state index is 13.5. The molecule has 2 amide bonds. The van der Waals surface area contributed by atoms with Crippen molar-refractivity contribution in [2.45, 2.75) is 12.8 Å². The minimum absolute atomic E-state index is 0.0253. The van der Waals surface area contributed by atoms with Crippen molar-refractivity contribution in [3.8, 4) is 17.6 Å². The van der Waals surface area contributed by atoms with E-state index in [0.717, 1.165) is 11.8 Å². The molecular weight excluding hydrogens is 510 g/mol. The number of phenolic OH excluding ortho intramolecular Hbond substituents is 1. The van der Waals surface area contributed by atoms with E-state index >= 15 is 0 Å². The number of thiazole rings is 1. The predicted octanol–water partition coefficient (Wildman–Crippen LogP) is 4.56. The van der Waals surface area contributed by atoms with Gasteiger partial charge in [0.25, 0.3) is 5.91 Å². The molecule has 188 valence electrons. The minimum Gasteiger partial charge on any atom is -0.504 e. The number of carbonyl (C=O) groups is 2. The van der Waals surface area contributed by atoms with Crippen LogP contribution in [0.15, 0.2) is 82.0 Å². The topological polar surface area (TPSA) is 136 Å². The van der Waals surface area contributed by atoms with Crippen molar-refractivity contribution in [3.63, 3.8) is 0 Å². The number of aromatic hydroxyl groups is 1. The van der Waals surface area contributed by atoms with Gasteiger partial charge in [0, 0.05) is 28.5 Å². The number of thioether (sulfide) groups is 1. The molecule has 1 aromatic heterocycles. The number of methoxy groups -OCH3 is 1. The number of hydrogen-bond donors (Lipinski definition) is 4. The highest BCUT2D eigenvalue weighted by atomic mass is 32.2. The van der Waals surface area contributed by atoms with Gasteiger partial charge in [-0.05, 0) is 36.8 Å². The van der Waals surface area contributed by atoms with E-state index in [1.165, 1.54) is 24.5 Å². The lowest BCUT2D eigenvalue weighted by Crippen LogP contribution is -2.31. The summed E-state index contributed by atoms with van der Waals surface area (Å²) in [5, 5.41) is 31.8. The molecule has 11 heteroatoms. The number of phenols is 1. The molecule has 0 fully saturated rings. The van der Waals surface area contributed by atoms with Crippen molar-refractivity contribution in [2.24, 2.45) is 0 Å². The molecule has 0 saturated carbocycles. The summed E-state index contributed by atoms with van der Waals surface area (Å²) in [6.07, 6.45) is 1.60. The summed E-state index contributed by atoms with van der Waals surface area (Å²) in [4.78, 5) is 30.0. The summed E-state index contributed by atoms with van der Waals surface area (Å²) >= 11 is 2.47. The van der Waals surface area contributed by atoms with E-state index in [2.05, 4.69) is 27.0 Å². The number of aromatic nitrogens is 1. The van der Waals surface area contributed by atoms with Crippen LogP contribution in [0.25, 0.3) is 0 Å². The summed E-state index contributed by atoms with van der Waals surface area (Å²) < 4.78 is 5.28. The Morgan fingerprint density at radius 1 is 1.24 bits per heavy atom. The molecule has 1 atom stereocenters. The monoisotopic (exact) mass is 533 g/mol. The number of nitriles is 1. The second-order valence-corrected chi connectivity index (χ2v) is 9.76. The van der Waals surface area contributed by atoms with Gasteiger partial charge in [0.05, 0.1) is 35.5 Å². The highest BCUT2D eigenvalue weighted by Crippen LogP contribution is 2.43. The second kappa shape index (κ2) is 11.6. The number of anilines is 2. The number of allylic oxidation sites excluding steroid dienone is 2. The van der Waals surface area contributed by atoms with E-state index in [0.29, 0.717) is 32.7 Å². The van der Waals surface area contributed by atoms with Crippen LogP contribution in [0, 0.1) is 11.3 Å². The van der Waals surface area contributed by atoms with E-state index in [9.17, 15) is 20.0 Å². The van der Waals surface area contributed by atoms with Crippen LogP contribution in [0.4, 0.5) is 10.8 Å². The lowest BCUT2D eigenvalue weighted by atomic mass is 9.82. The largest absolute Gasteiger partial charge is 0.504 e. The first-order valence-electron chi connectivity index (χ1n) is 11.1. The van der Waals surface area contributed by atoms with Crippen LogP contribution in [-0.2, 0) is 9.59 Å². The fourth-order valence-corrected chi connectivity index (χ4v) is 5.27. The number of rotatable bonds is 8. The Labute approximate surface area is 221 Å². The molecule has 4 rings (SSSR count). The van der Waals surface area contributed by atoms with Crippen molar-refractivity contribution >= 4 is 45.7 Å². The van der Waals surface area contributed by atoms with Gasteiger partial charge in [0.1, 0.15) is 0 Å². The maximum Gasteiger partial charge on any atom is 0.254 e. The van der Waals surface area contributed by atoms with Crippen LogP contribution >= 0.6 is 23.1 Å². The summed E-state index contributed by atoms with van der Waals surface area (Å²) in [6.45, 7) is 1.74. The van der Waals surface area contributed by atoms with Crippen molar-refractivity contribution in [2.75, 3.05) is 23.5 Å². The smallest absolute Gasteiger partial charge is 0.254 e. The number of carbonyl (C=O) groups excluding carboxylic acids is 2. The molecule has 3 aromatic rings. The van der Waals surface area contributed by atoms with Gasteiger partial charge in [-0.3, -0.25) is 9.59 Å². The fourth-order valence-electron chi connectivity index (χ4n) is 3.83. The van der Waals surface area contributed by atoms with Crippen molar-refractivity contribution in [1.82, 2.24) is 10.3 Å². The van der Waals surface area contributed by atoms with Crippen LogP contribution in [-0.4, -0.2) is 34.8 Å². The standard InChI is InChI=1S/C26H23N5O4S2/c1-15-22(24(34)30-17-6-4-3-5-7-17)23(16-8-9-19(32)20(12-16)35-2)18(13-27)25(29-15)37-14-21(33)31-26-28-10-11-36-26/h3-12,23,29,32H,14H2,1-2H3,(H,30,34)(H,28,31,33). The van der Waals surface area contributed by atoms with Crippen LogP contribution < -0.4 is 20.7 Å². The quantitative estimate of drug-likeness (QED) is 0.331. The Morgan fingerprint density at radius 3 is 2.70 bits per heavy atom. The Hall–Kier alpha value is -4.27. The zero-order valence-electron chi connectivity index (χ0n) is 19.9. The Balaban J connectivity index is 1.69. The fraction of sp³-hybridized carbons (Fsp3) is 0.154. The van der Waals surface area contributed by atoms with Gasteiger partial charge in [-0.15, -0.1) is 11.3 Å². The van der Waals surface area contributed by atoms with E-state index in [1.807, 2.05) is 18.2 Å². The number of benzene rings is 2. The molecule has 0 radical (unpaired) electrons. The lowest BCUT2D eigenvalue weighted by molar-refractivity contribution is -0.114. The van der Waals surface area contributed by atoms with Crippen LogP contribution in [0.1, 0.15) is 18.4 Å². The van der Waals surface area contributed by atoms with Gasteiger partial charge in [0.2, 0.25) is 5.91 Å². The molecule has 0 saturated heterocycles. The molecular formula is C26H23N5O4S2. The molecule has 0 spiro atoms. The number of amides is 2. The van der Waals surface area contributed by atoms with Gasteiger partial charge < -0.3 is 25.8 Å². The first-order valence-corrected chi connectivity index (χ1v) is 12.9. The minimum atomic E-state index is -0.769. The number of ether oxygens (including phenoxy) is 1. The third-order valence-electron chi connectivity index (χ3n) is 5.49. The molecule has 9 nitrogen and oxygen atoms in total. The normalized spacial score (nSPS) is 15.0. The van der Waals surface area contributed by atoms with Crippen molar-refractivity contribution < 1.29 is 19.4 Å². The Kier molecular flexibility index (Phi) is 8.12. The number of dihydropyridines is 1. The first-order chi connectivity index (χ1) is 17.9. The third-order valence-corrected chi connectivity index (χ3v) is 7.19. The average Bonchev–Trinajstić information content (AvgIpc) is 3.40. The van der Waals surface area contributed by atoms with E-state index in [-0.39, 0.29) is 34.6 Å². The van der Waals surface area contributed by atoms with Gasteiger partial charge in [-0.1, -0.05) is 36.0 Å². The van der Waals surface area contributed by atoms with Crippen LogP contribution in [0.5, 0.6) is 11.5 Å². The summed E-state index contributed by atoms with van der Waals surface area (Å²) in [5.41, 5.74) is 2.33. The van der Waals surface area contributed by atoms with E-state index in [1.54, 1.807) is 42.8 Å². The summed E-state index contributed by atoms with van der Waals surface area (Å²) in [6, 6.07) is 15.9. The Bertz CT molecular complexity index is 1410. The molecule has 2 aromatic carbocycles. The molecule has 2 heterocycles. The molecule has 1 aliphatic rings. The van der Waals surface area contributed by atoms with E-state index < -0.39 is 5.92 Å². The Morgan fingerprint density at radius 2 is 2.03 bits per heavy atom. The van der Waals surface area contributed by atoms with Crippen molar-refractivity contribution in [3.05, 3.63) is 87.5 Å². The lowest BCUT2D eigenvalue weighted by Gasteiger charge is -2.30. The summed E-state index contributed by atoms with van der Waals surface area (Å²) in [5.74, 6) is -1.25. The number of hydrogen-bond acceptors (Lipinski definition) is 9. The maximum atomic E-state index is 13.5. The third kappa shape index (κ3) is 5.94. The first kappa shape index (κ1) is 25.8. The van der Waals surface area contributed by atoms with Crippen LogP contribution in [0.2, 0.25) is 0 Å². The molecule has 0 bridgehead atoms. The van der Waals surface area contributed by atoms with Crippen molar-refractivity contribution in [1.29, 1.82) is 5.26 Å². The number of nitrogens with zero attached hydrogens (tertiary/aromatic N) is 2. The zero-order chi connectivity index (χ0) is 26.4. The van der Waals surface area contributed by atoms with Gasteiger partial charge in [-0.2, -0.15) is 5.26 Å². The van der Waals surface area contributed by atoms with Crippen LogP contribution in [0.3, 0.4) is 0 Å². The predicted molar refractivity (Wildman–Crippen MR) is 144 cm³/mol. The molecule has 4 N–H and O–H groups in total. The molecule has 37 heavy (non-hydrogen) atoms. The molecule has 1 unspecified atom stereocenters.